The van der Waals surface area contributed by atoms with Gasteiger partial charge in [-0.3, -0.25) is 0 Å². The summed E-state index contributed by atoms with van der Waals surface area (Å²) in [6, 6.07) is 70.5. The molecule has 0 aliphatic rings. The second-order valence-corrected chi connectivity index (χ2v) is 15.2. The van der Waals surface area contributed by atoms with Crippen LogP contribution in [0.25, 0.3) is 125 Å². The summed E-state index contributed by atoms with van der Waals surface area (Å²) in [6.45, 7) is 0. The maximum atomic E-state index is 2.48. The molecule has 1 heteroatoms. The summed E-state index contributed by atoms with van der Waals surface area (Å²) in [5.74, 6) is 0. The molecule has 0 N–H and O–H groups in total. The molecule has 1 heterocycles. The fraction of sp³-hybridized carbons (Fsp3) is 0. The molecular formula is C54H31N. The number of nitrogens with zero attached hydrogens (tertiary/aromatic N) is 1. The van der Waals surface area contributed by atoms with Gasteiger partial charge in [-0.25, -0.2) is 0 Å². The molecule has 55 heavy (non-hydrogen) atoms. The van der Waals surface area contributed by atoms with Crippen LogP contribution in [0, 0.1) is 0 Å². The van der Waals surface area contributed by atoms with E-state index in [9.17, 15) is 0 Å². The third-order valence-electron chi connectivity index (χ3n) is 12.5. The smallest absolute Gasteiger partial charge is 0.0541 e. The lowest BCUT2D eigenvalue weighted by atomic mass is 9.89. The molecule has 13 aromatic rings. The molecule has 0 aliphatic heterocycles. The van der Waals surface area contributed by atoms with E-state index in [1.807, 2.05) is 0 Å². The summed E-state index contributed by atoms with van der Waals surface area (Å²) in [5, 5.41) is 20.7. The van der Waals surface area contributed by atoms with Crippen molar-refractivity contribution in [2.24, 2.45) is 0 Å². The highest BCUT2D eigenvalue weighted by Crippen LogP contribution is 2.44. The van der Waals surface area contributed by atoms with Gasteiger partial charge in [0.15, 0.2) is 0 Å². The molecule has 0 bridgehead atoms. The molecule has 13 rings (SSSR count). The number of hydrogen-bond acceptors (Lipinski definition) is 0. The van der Waals surface area contributed by atoms with Crippen molar-refractivity contribution >= 4 is 97.2 Å². The minimum Gasteiger partial charge on any atom is -0.309 e. The first-order chi connectivity index (χ1) is 27.3. The minimum atomic E-state index is 1.20. The third-order valence-corrected chi connectivity index (χ3v) is 12.5. The van der Waals surface area contributed by atoms with Crippen LogP contribution in [0.15, 0.2) is 188 Å². The highest BCUT2D eigenvalue weighted by atomic mass is 15.0. The van der Waals surface area contributed by atoms with Crippen molar-refractivity contribution in [3.05, 3.63) is 188 Å². The van der Waals surface area contributed by atoms with Gasteiger partial charge in [-0.15, -0.1) is 0 Å². The van der Waals surface area contributed by atoms with Gasteiger partial charge in [0.2, 0.25) is 0 Å². The molecule has 0 radical (unpaired) electrons. The van der Waals surface area contributed by atoms with Crippen molar-refractivity contribution in [3.63, 3.8) is 0 Å². The summed E-state index contributed by atoms with van der Waals surface area (Å²) in [6.07, 6.45) is 0. The molecule has 12 aromatic carbocycles. The topological polar surface area (TPSA) is 4.93 Å². The van der Waals surface area contributed by atoms with Crippen LogP contribution < -0.4 is 0 Å². The van der Waals surface area contributed by atoms with E-state index in [4.69, 9.17) is 0 Å². The van der Waals surface area contributed by atoms with Gasteiger partial charge in [0.25, 0.3) is 0 Å². The van der Waals surface area contributed by atoms with Gasteiger partial charge >= 0.3 is 0 Å². The second-order valence-electron chi connectivity index (χ2n) is 15.2. The average Bonchev–Trinajstić information content (AvgIpc) is 3.57. The average molecular weight is 694 g/mol. The monoisotopic (exact) mass is 693 g/mol. The van der Waals surface area contributed by atoms with Gasteiger partial charge < -0.3 is 4.57 Å². The van der Waals surface area contributed by atoms with Crippen LogP contribution in [0.5, 0.6) is 0 Å². The summed E-state index contributed by atoms with van der Waals surface area (Å²) < 4.78 is 2.48. The summed E-state index contributed by atoms with van der Waals surface area (Å²) in [4.78, 5) is 0. The van der Waals surface area contributed by atoms with E-state index in [1.54, 1.807) is 0 Å². The van der Waals surface area contributed by atoms with E-state index >= 15 is 0 Å². The molecule has 1 nitrogen and oxygen atoms in total. The zero-order valence-electron chi connectivity index (χ0n) is 29.8. The van der Waals surface area contributed by atoms with Crippen molar-refractivity contribution in [1.29, 1.82) is 0 Å². The molecule has 0 spiro atoms. The van der Waals surface area contributed by atoms with Crippen molar-refractivity contribution in [2.45, 2.75) is 0 Å². The Labute approximate surface area is 316 Å². The summed E-state index contributed by atoms with van der Waals surface area (Å²) >= 11 is 0. The number of aromatic nitrogens is 1. The van der Waals surface area contributed by atoms with Crippen molar-refractivity contribution in [2.75, 3.05) is 0 Å². The van der Waals surface area contributed by atoms with Gasteiger partial charge in [0, 0.05) is 16.2 Å². The lowest BCUT2D eigenvalue weighted by Crippen LogP contribution is -1.95. The Morgan fingerprint density at radius 3 is 1.22 bits per heavy atom. The molecule has 0 fully saturated rings. The molecule has 1 aromatic heterocycles. The summed E-state index contributed by atoms with van der Waals surface area (Å²) in [5.41, 5.74) is 8.61. The first-order valence-corrected chi connectivity index (χ1v) is 19.2. The maximum Gasteiger partial charge on any atom is 0.0541 e. The van der Waals surface area contributed by atoms with Gasteiger partial charge in [0.1, 0.15) is 0 Å². The molecule has 0 amide bonds. The van der Waals surface area contributed by atoms with Crippen LogP contribution in [0.2, 0.25) is 0 Å². The third kappa shape index (κ3) is 3.97. The Morgan fingerprint density at radius 2 is 0.673 bits per heavy atom. The highest BCUT2D eigenvalue weighted by molar-refractivity contribution is 6.27. The Balaban J connectivity index is 1.11. The molecular weight excluding hydrogens is 663 g/mol. The summed E-state index contributed by atoms with van der Waals surface area (Å²) in [7, 11) is 0. The van der Waals surface area contributed by atoms with E-state index in [0.29, 0.717) is 0 Å². The van der Waals surface area contributed by atoms with E-state index in [1.165, 1.54) is 125 Å². The number of hydrogen-bond donors (Lipinski definition) is 0. The predicted molar refractivity (Wildman–Crippen MR) is 237 cm³/mol. The zero-order valence-corrected chi connectivity index (χ0v) is 29.8. The van der Waals surface area contributed by atoms with Crippen molar-refractivity contribution in [1.82, 2.24) is 4.57 Å². The molecule has 0 saturated heterocycles. The van der Waals surface area contributed by atoms with E-state index in [0.717, 1.165) is 0 Å². The first-order valence-electron chi connectivity index (χ1n) is 19.2. The van der Waals surface area contributed by atoms with E-state index < -0.39 is 0 Å². The predicted octanol–water partition coefficient (Wildman–Crippen LogP) is 15.1. The van der Waals surface area contributed by atoms with Crippen LogP contribution in [0.1, 0.15) is 0 Å². The van der Waals surface area contributed by atoms with Crippen molar-refractivity contribution in [3.8, 4) is 27.9 Å². The molecule has 0 saturated carbocycles. The van der Waals surface area contributed by atoms with Crippen LogP contribution in [-0.2, 0) is 0 Å². The molecule has 0 atom stereocenters. The lowest BCUT2D eigenvalue weighted by Gasteiger charge is -2.15. The quantitative estimate of drug-likeness (QED) is 0.162. The molecule has 0 unspecified atom stereocenters. The Hall–Kier alpha value is -7.22. The first kappa shape index (κ1) is 29.3. The molecule has 252 valence electrons. The largest absolute Gasteiger partial charge is 0.309 e. The fourth-order valence-electron chi connectivity index (χ4n) is 10.00. The van der Waals surface area contributed by atoms with Gasteiger partial charge in [0.05, 0.1) is 16.7 Å². The highest BCUT2D eigenvalue weighted by Gasteiger charge is 2.19. The van der Waals surface area contributed by atoms with Gasteiger partial charge in [-0.1, -0.05) is 158 Å². The Kier molecular flexibility index (Phi) is 5.69. The normalized spacial score (nSPS) is 12.4. The number of fused-ring (bicyclic) bond motifs is 4. The Bertz CT molecular complexity index is 3470. The number of rotatable bonds is 3. The fourth-order valence-corrected chi connectivity index (χ4v) is 10.00. The van der Waals surface area contributed by atoms with Crippen LogP contribution in [-0.4, -0.2) is 4.57 Å². The van der Waals surface area contributed by atoms with Crippen LogP contribution >= 0.6 is 0 Å². The van der Waals surface area contributed by atoms with E-state index in [2.05, 4.69) is 193 Å². The Morgan fingerprint density at radius 1 is 0.255 bits per heavy atom. The van der Waals surface area contributed by atoms with Crippen LogP contribution in [0.3, 0.4) is 0 Å². The van der Waals surface area contributed by atoms with Crippen LogP contribution in [0.4, 0.5) is 0 Å². The van der Waals surface area contributed by atoms with E-state index in [-0.39, 0.29) is 0 Å². The standard InChI is InChI=1S/C54H31N/c1-2-12-43-32(6-1)7-5-13-48(43)55-49-28-22-39(41-24-18-37-16-14-33-8-3-10-35-20-26-44(41)53(37)51(33)35)30-46(49)47-31-40(23-29-50(47)55)42-25-19-38-17-15-34-9-4-11-36-21-27-45(42)54(38)52(34)36/h1-31H. The molecule has 0 aliphatic carbocycles. The maximum absolute atomic E-state index is 2.48. The lowest BCUT2D eigenvalue weighted by molar-refractivity contribution is 1.20. The minimum absolute atomic E-state index is 1.20. The van der Waals surface area contributed by atoms with Crippen molar-refractivity contribution < 1.29 is 0 Å². The zero-order chi connectivity index (χ0) is 35.8. The van der Waals surface area contributed by atoms with Gasteiger partial charge in [-0.2, -0.15) is 0 Å². The number of benzene rings is 12. The SMILES string of the molecule is c1ccc2c(-n3c4ccc(-c5ccc6ccc7cccc8ccc5c6c78)cc4c4cc(-c5ccc6ccc7cccc8ccc5c6c78)ccc43)cccc2c1. The van der Waals surface area contributed by atoms with Gasteiger partial charge in [-0.05, 0) is 123 Å². The second kappa shape index (κ2) is 10.7.